The van der Waals surface area contributed by atoms with Gasteiger partial charge in [-0.3, -0.25) is 14.4 Å². The highest BCUT2D eigenvalue weighted by molar-refractivity contribution is 8.00. The molecule has 3 heterocycles. The molecule has 2 aromatic carbocycles. The van der Waals surface area contributed by atoms with Crippen LogP contribution in [0.2, 0.25) is 0 Å². The number of nitriles is 1. The minimum atomic E-state index is -0.186. The summed E-state index contributed by atoms with van der Waals surface area (Å²) in [5.41, 5.74) is 3.54. The molecule has 4 aromatic rings. The molecule has 0 spiro atoms. The molecule has 262 valence electrons. The van der Waals surface area contributed by atoms with Gasteiger partial charge in [0.15, 0.2) is 5.13 Å². The van der Waals surface area contributed by atoms with Crippen LogP contribution in [0, 0.1) is 17.2 Å². The van der Waals surface area contributed by atoms with Gasteiger partial charge >= 0.3 is 0 Å². The topological polar surface area (TPSA) is 132 Å². The van der Waals surface area contributed by atoms with E-state index in [2.05, 4.69) is 43.0 Å². The van der Waals surface area contributed by atoms with Crippen LogP contribution in [0.25, 0.3) is 11.1 Å². The molecule has 1 fully saturated rings. The van der Waals surface area contributed by atoms with Crippen LogP contribution in [-0.2, 0) is 20.8 Å². The summed E-state index contributed by atoms with van der Waals surface area (Å²) in [6, 6.07) is 17.6. The third kappa shape index (κ3) is 9.20. The van der Waals surface area contributed by atoms with Crippen LogP contribution in [0.4, 0.5) is 5.13 Å². The normalized spacial score (nSPS) is 14.2. The van der Waals surface area contributed by atoms with E-state index in [0.717, 1.165) is 39.5 Å². The monoisotopic (exact) mass is 712 g/mol. The van der Waals surface area contributed by atoms with Gasteiger partial charge in [-0.25, -0.2) is 9.97 Å². The van der Waals surface area contributed by atoms with Crippen LogP contribution in [0.5, 0.6) is 0 Å². The van der Waals surface area contributed by atoms with E-state index in [0.29, 0.717) is 48.3 Å². The van der Waals surface area contributed by atoms with Gasteiger partial charge in [0.05, 0.1) is 34.5 Å². The number of hydrogen-bond donors (Lipinski definition) is 1. The number of anilines is 1. The molecule has 2 aromatic heterocycles. The number of hydrogen-bond acceptors (Lipinski definition) is 9. The Balaban J connectivity index is 1.10. The Kier molecular flexibility index (Phi) is 12.1. The van der Waals surface area contributed by atoms with E-state index in [1.807, 2.05) is 59.5 Å². The van der Waals surface area contributed by atoms with Crippen LogP contribution in [0.1, 0.15) is 93.4 Å². The Hall–Kier alpha value is -4.47. The maximum absolute atomic E-state index is 13.3. The summed E-state index contributed by atoms with van der Waals surface area (Å²) in [4.78, 5) is 51.0. The number of aromatic nitrogens is 2. The molecule has 10 nitrogen and oxygen atoms in total. The summed E-state index contributed by atoms with van der Waals surface area (Å²) in [6.07, 6.45) is 6.30. The zero-order valence-electron chi connectivity index (χ0n) is 29.3. The second-order valence-corrected chi connectivity index (χ2v) is 15.8. The Morgan fingerprint density at radius 2 is 1.72 bits per heavy atom. The predicted octanol–water partition coefficient (Wildman–Crippen LogP) is 8.09. The number of amides is 3. The third-order valence-electron chi connectivity index (χ3n) is 8.91. The molecule has 1 aliphatic heterocycles. The number of nitrogens with one attached hydrogen (secondary N) is 1. The van der Waals surface area contributed by atoms with Crippen molar-refractivity contribution in [1.82, 2.24) is 19.8 Å². The zero-order chi connectivity index (χ0) is 35.8. The second-order valence-electron chi connectivity index (χ2n) is 13.5. The summed E-state index contributed by atoms with van der Waals surface area (Å²) >= 11 is 3.00. The molecule has 0 aliphatic carbocycles. The number of thioether (sulfide) groups is 1. The summed E-state index contributed by atoms with van der Waals surface area (Å²) in [7, 11) is 1.75. The quantitative estimate of drug-likeness (QED) is 0.146. The molecule has 5 rings (SSSR count). The highest BCUT2D eigenvalue weighted by Gasteiger charge is 2.29. The van der Waals surface area contributed by atoms with Crippen LogP contribution < -0.4 is 5.32 Å². The number of benzene rings is 2. The van der Waals surface area contributed by atoms with Gasteiger partial charge in [-0.15, -0.1) is 11.8 Å². The molecule has 50 heavy (non-hydrogen) atoms. The minimum Gasteiger partial charge on any atom is -0.444 e. The standard InChI is InChI=1S/C38H44N6O4S2/c1-6-7-30(43(5)33(45)16-19-39)27-12-8-25(9-13-27)26-10-14-29(15-11-26)36(47)44-20-17-28(18-21-44)35(46)42-37-41-23-34(50-37)49-24-32-40-22-31(48-32)38(2,3)4/h8-15,22-23,28,30H,6-7,16-18,20-21,24H2,1-5H3,(H,41,42,46). The maximum atomic E-state index is 13.3. The Morgan fingerprint density at radius 3 is 2.32 bits per heavy atom. The van der Waals surface area contributed by atoms with Crippen LogP contribution in [-0.4, -0.2) is 57.6 Å². The van der Waals surface area contributed by atoms with Gasteiger partial charge in [0, 0.05) is 37.0 Å². The summed E-state index contributed by atoms with van der Waals surface area (Å²) in [5, 5.41) is 12.5. The number of oxazole rings is 1. The molecular weight excluding hydrogens is 669 g/mol. The molecule has 1 aliphatic rings. The maximum Gasteiger partial charge on any atom is 0.253 e. The first kappa shape index (κ1) is 36.8. The van der Waals surface area contributed by atoms with Crippen molar-refractivity contribution in [2.45, 2.75) is 81.2 Å². The molecule has 1 N–H and O–H groups in total. The van der Waals surface area contributed by atoms with E-state index in [1.165, 1.54) is 11.3 Å². The van der Waals surface area contributed by atoms with E-state index in [1.54, 1.807) is 36.1 Å². The summed E-state index contributed by atoms with van der Waals surface area (Å²) in [5.74, 6) is 1.62. The first-order valence-corrected chi connectivity index (χ1v) is 18.7. The number of carbonyl (C=O) groups excluding carboxylic acids is 3. The van der Waals surface area contributed by atoms with Crippen molar-refractivity contribution in [2.75, 3.05) is 25.5 Å². The van der Waals surface area contributed by atoms with E-state index >= 15 is 0 Å². The molecule has 12 heteroatoms. The van der Waals surface area contributed by atoms with Gasteiger partial charge in [0.25, 0.3) is 5.91 Å². The summed E-state index contributed by atoms with van der Waals surface area (Å²) in [6.45, 7) is 9.36. The van der Waals surface area contributed by atoms with E-state index in [4.69, 9.17) is 9.68 Å². The lowest BCUT2D eigenvalue weighted by Crippen LogP contribution is -2.41. The molecule has 0 bridgehead atoms. The van der Waals surface area contributed by atoms with Crippen molar-refractivity contribution in [3.8, 4) is 17.2 Å². The largest absolute Gasteiger partial charge is 0.444 e. The van der Waals surface area contributed by atoms with E-state index < -0.39 is 0 Å². The van der Waals surface area contributed by atoms with Crippen molar-refractivity contribution >= 4 is 46.0 Å². The lowest BCUT2D eigenvalue weighted by atomic mass is 9.94. The van der Waals surface area contributed by atoms with Crippen molar-refractivity contribution in [1.29, 1.82) is 5.26 Å². The van der Waals surface area contributed by atoms with Crippen LogP contribution >= 0.6 is 23.1 Å². The van der Waals surface area contributed by atoms with Crippen molar-refractivity contribution in [2.24, 2.45) is 5.92 Å². The molecule has 0 saturated carbocycles. The fraction of sp³-hybridized carbons (Fsp3) is 0.421. The second kappa shape index (κ2) is 16.5. The number of carbonyl (C=O) groups is 3. The minimum absolute atomic E-state index is 0.0412. The molecule has 1 atom stereocenters. The first-order chi connectivity index (χ1) is 24.0. The molecule has 1 saturated heterocycles. The van der Waals surface area contributed by atoms with Crippen LogP contribution in [0.3, 0.4) is 0 Å². The number of piperidine rings is 1. The Labute approximate surface area is 302 Å². The van der Waals surface area contributed by atoms with E-state index in [-0.39, 0.29) is 41.5 Å². The highest BCUT2D eigenvalue weighted by atomic mass is 32.2. The van der Waals surface area contributed by atoms with Gasteiger partial charge in [-0.05, 0) is 48.1 Å². The predicted molar refractivity (Wildman–Crippen MR) is 197 cm³/mol. The van der Waals surface area contributed by atoms with E-state index in [9.17, 15) is 14.4 Å². The number of rotatable bonds is 12. The molecule has 0 radical (unpaired) electrons. The van der Waals surface area contributed by atoms with Crippen molar-refractivity contribution < 1.29 is 18.8 Å². The van der Waals surface area contributed by atoms with Gasteiger partial charge in [0.2, 0.25) is 17.7 Å². The average Bonchev–Trinajstić information content (AvgIpc) is 3.79. The van der Waals surface area contributed by atoms with Gasteiger partial charge < -0.3 is 19.5 Å². The number of thiazole rings is 1. The average molecular weight is 713 g/mol. The van der Waals surface area contributed by atoms with Crippen molar-refractivity contribution in [3.63, 3.8) is 0 Å². The first-order valence-electron chi connectivity index (χ1n) is 16.9. The van der Waals surface area contributed by atoms with Crippen molar-refractivity contribution in [3.05, 3.63) is 83.7 Å². The fourth-order valence-electron chi connectivity index (χ4n) is 5.90. The highest BCUT2D eigenvalue weighted by Crippen LogP contribution is 2.33. The third-order valence-corrected chi connectivity index (χ3v) is 11.0. The Morgan fingerprint density at radius 1 is 1.06 bits per heavy atom. The van der Waals surface area contributed by atoms with Gasteiger partial charge in [0.1, 0.15) is 12.2 Å². The lowest BCUT2D eigenvalue weighted by Gasteiger charge is -2.31. The number of nitrogens with zero attached hydrogens (tertiary/aromatic N) is 5. The molecular formula is C38H44N6O4S2. The zero-order valence-corrected chi connectivity index (χ0v) is 30.9. The van der Waals surface area contributed by atoms with Crippen LogP contribution in [0.15, 0.2) is 69.6 Å². The molecule has 1 unspecified atom stereocenters. The summed E-state index contributed by atoms with van der Waals surface area (Å²) < 4.78 is 6.84. The Bertz CT molecular complexity index is 1810. The number of likely N-dealkylation sites (tertiary alicyclic amines) is 1. The molecule has 3 amide bonds. The fourth-order valence-corrected chi connectivity index (χ4v) is 7.63. The lowest BCUT2D eigenvalue weighted by molar-refractivity contribution is -0.131. The smallest absolute Gasteiger partial charge is 0.253 e. The van der Waals surface area contributed by atoms with Gasteiger partial charge in [-0.1, -0.05) is 81.9 Å². The van der Waals surface area contributed by atoms with Gasteiger partial charge in [-0.2, -0.15) is 5.26 Å². The SMILES string of the molecule is CCCC(c1ccc(-c2ccc(C(=O)N3CCC(C(=O)Nc4ncc(SCc5ncc(C(C)(C)C)o5)s4)CC3)cc2)cc1)N(C)C(=O)CC#N.